The summed E-state index contributed by atoms with van der Waals surface area (Å²) >= 11 is 0. The minimum atomic E-state index is -0.291. The lowest BCUT2D eigenvalue weighted by Gasteiger charge is -2.37. The van der Waals surface area contributed by atoms with Gasteiger partial charge in [-0.25, -0.2) is 0 Å². The molecule has 0 saturated carbocycles. The number of ether oxygens (including phenoxy) is 2. The van der Waals surface area contributed by atoms with Crippen LogP contribution in [0.15, 0.2) is 0 Å². The summed E-state index contributed by atoms with van der Waals surface area (Å²) in [5.74, 6) is 1.36. The molecule has 1 aromatic rings. The minimum absolute atomic E-state index is 0.291. The Kier molecular flexibility index (Phi) is 9.10. The van der Waals surface area contributed by atoms with Crippen LogP contribution in [0.3, 0.4) is 0 Å². The number of hydrogen-bond donors (Lipinski definition) is 2. The quantitative estimate of drug-likeness (QED) is 0.459. The highest BCUT2D eigenvalue weighted by molar-refractivity contribution is 5.58. The fourth-order valence-electron chi connectivity index (χ4n) is 4.06. The molecule has 1 aliphatic heterocycles. The van der Waals surface area contributed by atoms with Crippen LogP contribution in [-0.4, -0.2) is 35.6 Å². The first-order valence-electron chi connectivity index (χ1n) is 11.1. The highest BCUT2D eigenvalue weighted by atomic mass is 16.5. The maximum atomic E-state index is 10.3. The van der Waals surface area contributed by atoms with Crippen LogP contribution in [0.1, 0.15) is 87.0 Å². The molecule has 0 aliphatic carbocycles. The molecule has 1 unspecified atom stereocenters. The number of benzene rings is 1. The van der Waals surface area contributed by atoms with Crippen molar-refractivity contribution in [3.8, 4) is 11.5 Å². The molecule has 0 radical (unpaired) electrons. The molecule has 1 aromatic carbocycles. The van der Waals surface area contributed by atoms with Gasteiger partial charge in [0.05, 0.1) is 6.61 Å². The first-order valence-corrected chi connectivity index (χ1v) is 11.1. The van der Waals surface area contributed by atoms with Crippen LogP contribution >= 0.6 is 0 Å². The van der Waals surface area contributed by atoms with Gasteiger partial charge in [-0.15, -0.1) is 0 Å². The van der Waals surface area contributed by atoms with Gasteiger partial charge >= 0.3 is 0 Å². The maximum Gasteiger partial charge on any atom is 0.130 e. The Hall–Kier alpha value is -1.26. The van der Waals surface area contributed by atoms with E-state index in [4.69, 9.17) is 14.6 Å². The third-order valence-corrected chi connectivity index (χ3v) is 6.20. The fraction of sp³-hybridized carbons (Fsp3) is 0.750. The third-order valence-electron chi connectivity index (χ3n) is 6.20. The van der Waals surface area contributed by atoms with Gasteiger partial charge in [-0.2, -0.15) is 0 Å². The Morgan fingerprint density at radius 3 is 2.14 bits per heavy atom. The minimum Gasteiger partial charge on any atom is -0.507 e. The standard InChI is InChI=1S/C24H40O4/c1-18-19(2)23-21(20(3)22(18)26)13-14-24(4,28-23)17-27-16-12-10-8-6-5-7-9-11-15-25/h25-26H,5-17H2,1-4H3. The molecule has 0 bridgehead atoms. The molecule has 0 saturated heterocycles. The summed E-state index contributed by atoms with van der Waals surface area (Å²) in [6, 6.07) is 0. The summed E-state index contributed by atoms with van der Waals surface area (Å²) in [4.78, 5) is 0. The lowest BCUT2D eigenvalue weighted by atomic mass is 9.87. The first kappa shape index (κ1) is 23.0. The topological polar surface area (TPSA) is 58.9 Å². The molecule has 0 amide bonds. The average molecular weight is 393 g/mol. The maximum absolute atomic E-state index is 10.3. The van der Waals surface area contributed by atoms with Crippen LogP contribution in [0.25, 0.3) is 0 Å². The van der Waals surface area contributed by atoms with Gasteiger partial charge in [-0.3, -0.25) is 0 Å². The molecule has 4 nitrogen and oxygen atoms in total. The van der Waals surface area contributed by atoms with Crippen LogP contribution in [-0.2, 0) is 11.2 Å². The van der Waals surface area contributed by atoms with Gasteiger partial charge in [-0.05, 0) is 70.1 Å². The third kappa shape index (κ3) is 6.12. The van der Waals surface area contributed by atoms with Crippen molar-refractivity contribution < 1.29 is 19.7 Å². The van der Waals surface area contributed by atoms with Crippen molar-refractivity contribution in [1.29, 1.82) is 0 Å². The molecule has 1 atom stereocenters. The number of phenolic OH excluding ortho intramolecular Hbond substituents is 1. The van der Waals surface area contributed by atoms with Crippen molar-refractivity contribution in [2.45, 2.75) is 97.5 Å². The van der Waals surface area contributed by atoms with Gasteiger partial charge in [0.1, 0.15) is 17.1 Å². The summed E-state index contributed by atoms with van der Waals surface area (Å²) in [7, 11) is 0. The predicted octanol–water partition coefficient (Wildman–Crippen LogP) is 5.53. The van der Waals surface area contributed by atoms with Gasteiger partial charge in [-0.1, -0.05) is 38.5 Å². The van der Waals surface area contributed by atoms with E-state index in [1.807, 2.05) is 20.8 Å². The summed E-state index contributed by atoms with van der Waals surface area (Å²) in [6.45, 7) is 9.84. The summed E-state index contributed by atoms with van der Waals surface area (Å²) in [5.41, 5.74) is 3.77. The zero-order valence-electron chi connectivity index (χ0n) is 18.4. The monoisotopic (exact) mass is 392 g/mol. The van der Waals surface area contributed by atoms with E-state index in [0.717, 1.165) is 66.7 Å². The van der Waals surface area contributed by atoms with Gasteiger partial charge in [0, 0.05) is 18.8 Å². The number of aromatic hydroxyl groups is 1. The zero-order valence-corrected chi connectivity index (χ0v) is 18.4. The van der Waals surface area contributed by atoms with E-state index in [0.29, 0.717) is 19.0 Å². The second kappa shape index (κ2) is 11.1. The van der Waals surface area contributed by atoms with Gasteiger partial charge in [0.15, 0.2) is 0 Å². The molecule has 0 aromatic heterocycles. The summed E-state index contributed by atoms with van der Waals surface area (Å²) in [6.07, 6.45) is 11.3. The molecule has 2 rings (SSSR count). The lowest BCUT2D eigenvalue weighted by molar-refractivity contribution is -0.0291. The van der Waals surface area contributed by atoms with E-state index in [2.05, 4.69) is 6.92 Å². The molecule has 2 N–H and O–H groups in total. The van der Waals surface area contributed by atoms with Crippen LogP contribution in [0, 0.1) is 20.8 Å². The van der Waals surface area contributed by atoms with Gasteiger partial charge in [0.2, 0.25) is 0 Å². The van der Waals surface area contributed by atoms with Crippen molar-refractivity contribution in [2.24, 2.45) is 0 Å². The first-order chi connectivity index (χ1) is 13.4. The molecule has 4 heteroatoms. The van der Waals surface area contributed by atoms with Crippen molar-refractivity contribution in [3.05, 3.63) is 22.3 Å². The summed E-state index contributed by atoms with van der Waals surface area (Å²) < 4.78 is 12.4. The van der Waals surface area contributed by atoms with E-state index in [1.165, 1.54) is 32.1 Å². The van der Waals surface area contributed by atoms with E-state index in [-0.39, 0.29) is 5.60 Å². The summed E-state index contributed by atoms with van der Waals surface area (Å²) in [5, 5.41) is 19.1. The van der Waals surface area contributed by atoms with Crippen LogP contribution in [0.5, 0.6) is 11.5 Å². The Morgan fingerprint density at radius 2 is 1.50 bits per heavy atom. The molecule has 1 aliphatic rings. The molecular weight excluding hydrogens is 352 g/mol. The number of phenols is 1. The molecule has 0 spiro atoms. The molecule has 0 fully saturated rings. The lowest BCUT2D eigenvalue weighted by Crippen LogP contribution is -2.41. The Bertz CT molecular complexity index is 626. The number of fused-ring (bicyclic) bond motifs is 1. The van der Waals surface area contributed by atoms with Crippen LogP contribution < -0.4 is 4.74 Å². The van der Waals surface area contributed by atoms with E-state index in [9.17, 15) is 5.11 Å². The normalized spacial score (nSPS) is 18.8. The van der Waals surface area contributed by atoms with Crippen LogP contribution in [0.2, 0.25) is 0 Å². The van der Waals surface area contributed by atoms with Gasteiger partial charge < -0.3 is 19.7 Å². The van der Waals surface area contributed by atoms with Crippen molar-refractivity contribution in [1.82, 2.24) is 0 Å². The Morgan fingerprint density at radius 1 is 0.893 bits per heavy atom. The molecule has 1 heterocycles. The highest BCUT2D eigenvalue weighted by Crippen LogP contribution is 2.43. The Balaban J connectivity index is 1.69. The van der Waals surface area contributed by atoms with E-state index >= 15 is 0 Å². The smallest absolute Gasteiger partial charge is 0.130 e. The Labute approximate surface area is 171 Å². The SMILES string of the molecule is Cc1c(C)c2c(c(C)c1O)CCC(C)(COCCCCCCCCCCO)O2. The van der Waals surface area contributed by atoms with Gasteiger partial charge in [0.25, 0.3) is 0 Å². The largest absolute Gasteiger partial charge is 0.507 e. The van der Waals surface area contributed by atoms with Crippen molar-refractivity contribution >= 4 is 0 Å². The molecule has 160 valence electrons. The average Bonchev–Trinajstić information content (AvgIpc) is 2.69. The predicted molar refractivity (Wildman–Crippen MR) is 115 cm³/mol. The van der Waals surface area contributed by atoms with Crippen LogP contribution in [0.4, 0.5) is 0 Å². The second-order valence-electron chi connectivity index (χ2n) is 8.69. The number of aliphatic hydroxyl groups is 1. The van der Waals surface area contributed by atoms with E-state index in [1.54, 1.807) is 0 Å². The van der Waals surface area contributed by atoms with E-state index < -0.39 is 0 Å². The number of hydrogen-bond acceptors (Lipinski definition) is 4. The zero-order chi connectivity index (χ0) is 20.6. The fourth-order valence-corrected chi connectivity index (χ4v) is 4.06. The number of rotatable bonds is 12. The van der Waals surface area contributed by atoms with Crippen molar-refractivity contribution in [3.63, 3.8) is 0 Å². The highest BCUT2D eigenvalue weighted by Gasteiger charge is 2.34. The molecule has 28 heavy (non-hydrogen) atoms. The van der Waals surface area contributed by atoms with Crippen molar-refractivity contribution in [2.75, 3.05) is 19.8 Å². The second-order valence-corrected chi connectivity index (χ2v) is 8.69. The number of aliphatic hydroxyl groups excluding tert-OH is 1. The molecular formula is C24H40O4. The number of unbranched alkanes of at least 4 members (excludes halogenated alkanes) is 7.